The molecule has 0 aliphatic rings. The van der Waals surface area contributed by atoms with Crippen LogP contribution in [0.25, 0.3) is 11.3 Å². The van der Waals surface area contributed by atoms with Gasteiger partial charge in [-0.2, -0.15) is 5.10 Å². The summed E-state index contributed by atoms with van der Waals surface area (Å²) in [4.78, 5) is 27.7. The molecule has 0 atom stereocenters. The lowest BCUT2D eigenvalue weighted by Gasteiger charge is -2.17. The maximum absolute atomic E-state index is 12.0. The van der Waals surface area contributed by atoms with E-state index in [0.29, 0.717) is 12.2 Å². The van der Waals surface area contributed by atoms with E-state index in [0.717, 1.165) is 16.8 Å². The van der Waals surface area contributed by atoms with Crippen LogP contribution in [0.3, 0.4) is 0 Å². The standard InChI is InChI=1S/C17H23N5O2/c1-11-15(12-5-7-18-8-6-12)21-22-16(11)20-14(24)10-19-13(23)9-17(2,3)4/h5-8H,9-10H2,1-4H3,(H,19,23)(H2,20,21,22,24). The third kappa shape index (κ3) is 4.91. The van der Waals surface area contributed by atoms with Crippen molar-refractivity contribution < 1.29 is 9.59 Å². The number of carbonyl (C=O) groups excluding carboxylic acids is 2. The van der Waals surface area contributed by atoms with Gasteiger partial charge in [-0.25, -0.2) is 0 Å². The van der Waals surface area contributed by atoms with Gasteiger partial charge in [0.2, 0.25) is 11.8 Å². The van der Waals surface area contributed by atoms with E-state index in [1.54, 1.807) is 12.4 Å². The summed E-state index contributed by atoms with van der Waals surface area (Å²) in [5, 5.41) is 12.4. The molecule has 0 radical (unpaired) electrons. The van der Waals surface area contributed by atoms with Crippen molar-refractivity contribution in [1.82, 2.24) is 20.5 Å². The number of hydrogen-bond donors (Lipinski definition) is 3. The Balaban J connectivity index is 1.93. The molecule has 0 aliphatic heterocycles. The maximum Gasteiger partial charge on any atom is 0.244 e. The summed E-state index contributed by atoms with van der Waals surface area (Å²) in [6.45, 7) is 7.72. The van der Waals surface area contributed by atoms with Crippen LogP contribution in [0.4, 0.5) is 5.82 Å². The highest BCUT2D eigenvalue weighted by Crippen LogP contribution is 2.25. The Bertz CT molecular complexity index is 716. The normalized spacial score (nSPS) is 11.2. The van der Waals surface area contributed by atoms with Gasteiger partial charge in [0.05, 0.1) is 12.2 Å². The number of hydrogen-bond acceptors (Lipinski definition) is 4. The fraction of sp³-hybridized carbons (Fsp3) is 0.412. The monoisotopic (exact) mass is 329 g/mol. The Hall–Kier alpha value is -2.70. The summed E-state index contributed by atoms with van der Waals surface area (Å²) in [5.74, 6) is 0.0821. The van der Waals surface area contributed by atoms with Gasteiger partial charge in [-0.3, -0.25) is 19.7 Å². The highest BCUT2D eigenvalue weighted by atomic mass is 16.2. The summed E-state index contributed by atoms with van der Waals surface area (Å²) >= 11 is 0. The second-order valence-corrected chi connectivity index (χ2v) is 6.87. The van der Waals surface area contributed by atoms with Crippen LogP contribution in [-0.2, 0) is 9.59 Å². The van der Waals surface area contributed by atoms with Crippen molar-refractivity contribution in [2.45, 2.75) is 34.1 Å². The molecule has 128 valence electrons. The van der Waals surface area contributed by atoms with Crippen molar-refractivity contribution in [2.75, 3.05) is 11.9 Å². The Morgan fingerprint density at radius 1 is 1.17 bits per heavy atom. The van der Waals surface area contributed by atoms with Crippen LogP contribution in [0.5, 0.6) is 0 Å². The van der Waals surface area contributed by atoms with Crippen LogP contribution in [0.2, 0.25) is 0 Å². The minimum atomic E-state index is -0.301. The number of nitrogens with zero attached hydrogens (tertiary/aromatic N) is 2. The molecule has 2 aromatic heterocycles. The third-order valence-corrected chi connectivity index (χ3v) is 3.36. The van der Waals surface area contributed by atoms with E-state index in [1.165, 1.54) is 0 Å². The summed E-state index contributed by atoms with van der Waals surface area (Å²) in [6.07, 6.45) is 3.74. The maximum atomic E-state index is 12.0. The van der Waals surface area contributed by atoms with E-state index in [9.17, 15) is 9.59 Å². The van der Waals surface area contributed by atoms with Crippen LogP contribution >= 0.6 is 0 Å². The van der Waals surface area contributed by atoms with Crippen molar-refractivity contribution in [3.8, 4) is 11.3 Å². The lowest BCUT2D eigenvalue weighted by molar-refractivity contribution is -0.125. The van der Waals surface area contributed by atoms with E-state index in [-0.39, 0.29) is 23.8 Å². The lowest BCUT2D eigenvalue weighted by atomic mass is 9.92. The molecule has 0 spiro atoms. The molecule has 0 saturated heterocycles. The van der Waals surface area contributed by atoms with E-state index in [2.05, 4.69) is 25.8 Å². The molecule has 2 amide bonds. The Morgan fingerprint density at radius 2 is 1.83 bits per heavy atom. The summed E-state index contributed by atoms with van der Waals surface area (Å²) in [5.41, 5.74) is 2.39. The summed E-state index contributed by atoms with van der Waals surface area (Å²) in [6, 6.07) is 3.70. The van der Waals surface area contributed by atoms with Crippen LogP contribution < -0.4 is 10.6 Å². The molecule has 0 unspecified atom stereocenters. The molecule has 0 fully saturated rings. The zero-order valence-corrected chi connectivity index (χ0v) is 14.4. The van der Waals surface area contributed by atoms with Crippen LogP contribution in [0.1, 0.15) is 32.8 Å². The molecule has 0 aliphatic carbocycles. The molecule has 7 nitrogen and oxygen atoms in total. The first-order valence-corrected chi connectivity index (χ1v) is 7.78. The van der Waals surface area contributed by atoms with Gasteiger partial charge in [0.15, 0.2) is 0 Å². The fourth-order valence-corrected chi connectivity index (χ4v) is 2.22. The number of H-pyrrole nitrogens is 1. The lowest BCUT2D eigenvalue weighted by Crippen LogP contribution is -2.34. The average molecular weight is 329 g/mol. The number of rotatable bonds is 5. The minimum absolute atomic E-state index is 0.0715. The molecule has 7 heteroatoms. The largest absolute Gasteiger partial charge is 0.347 e. The quantitative estimate of drug-likeness (QED) is 0.783. The van der Waals surface area contributed by atoms with Crippen molar-refractivity contribution in [3.63, 3.8) is 0 Å². The Kier molecular flexibility index (Phi) is 5.33. The van der Waals surface area contributed by atoms with Crippen molar-refractivity contribution in [3.05, 3.63) is 30.1 Å². The van der Waals surface area contributed by atoms with Gasteiger partial charge in [-0.1, -0.05) is 20.8 Å². The van der Waals surface area contributed by atoms with Crippen LogP contribution in [0, 0.1) is 12.3 Å². The second-order valence-electron chi connectivity index (χ2n) is 6.87. The molecule has 0 bridgehead atoms. The van der Waals surface area contributed by atoms with E-state index < -0.39 is 0 Å². The van der Waals surface area contributed by atoms with Gasteiger partial charge < -0.3 is 10.6 Å². The SMILES string of the molecule is Cc1c(-c2ccncc2)n[nH]c1NC(=O)CNC(=O)CC(C)(C)C. The van der Waals surface area contributed by atoms with Crippen LogP contribution in [0.15, 0.2) is 24.5 Å². The predicted molar refractivity (Wildman–Crippen MR) is 92.3 cm³/mol. The van der Waals surface area contributed by atoms with Gasteiger partial charge in [-0.15, -0.1) is 0 Å². The van der Waals surface area contributed by atoms with Gasteiger partial charge in [0.1, 0.15) is 5.82 Å². The van der Waals surface area contributed by atoms with Crippen molar-refractivity contribution in [1.29, 1.82) is 0 Å². The number of anilines is 1. The number of amides is 2. The number of aromatic nitrogens is 3. The molecular weight excluding hydrogens is 306 g/mol. The van der Waals surface area contributed by atoms with Crippen LogP contribution in [-0.4, -0.2) is 33.5 Å². The first kappa shape index (κ1) is 17.7. The molecular formula is C17H23N5O2. The van der Waals surface area contributed by atoms with E-state index >= 15 is 0 Å². The zero-order valence-electron chi connectivity index (χ0n) is 14.4. The number of nitrogens with one attached hydrogen (secondary N) is 3. The number of carbonyl (C=O) groups is 2. The topological polar surface area (TPSA) is 99.8 Å². The first-order valence-electron chi connectivity index (χ1n) is 7.78. The molecule has 0 saturated carbocycles. The van der Waals surface area contributed by atoms with Gasteiger partial charge in [0.25, 0.3) is 0 Å². The number of pyridine rings is 1. The predicted octanol–water partition coefficient (Wildman–Crippen LogP) is 2.27. The molecule has 0 aromatic carbocycles. The van der Waals surface area contributed by atoms with E-state index in [4.69, 9.17) is 0 Å². The highest BCUT2D eigenvalue weighted by Gasteiger charge is 2.17. The van der Waals surface area contributed by atoms with E-state index in [1.807, 2.05) is 39.8 Å². The summed E-state index contributed by atoms with van der Waals surface area (Å²) < 4.78 is 0. The summed E-state index contributed by atoms with van der Waals surface area (Å²) in [7, 11) is 0. The van der Waals surface area contributed by atoms with Gasteiger partial charge in [0, 0.05) is 29.9 Å². The second kappa shape index (κ2) is 7.25. The molecule has 2 aromatic rings. The zero-order chi connectivity index (χ0) is 17.7. The smallest absolute Gasteiger partial charge is 0.244 e. The Labute approximate surface area is 141 Å². The molecule has 3 N–H and O–H groups in total. The third-order valence-electron chi connectivity index (χ3n) is 3.36. The molecule has 24 heavy (non-hydrogen) atoms. The minimum Gasteiger partial charge on any atom is -0.347 e. The van der Waals surface area contributed by atoms with Crippen molar-refractivity contribution in [2.24, 2.45) is 5.41 Å². The molecule has 2 heterocycles. The number of aromatic amines is 1. The fourth-order valence-electron chi connectivity index (χ4n) is 2.22. The van der Waals surface area contributed by atoms with Gasteiger partial charge in [-0.05, 0) is 24.5 Å². The Morgan fingerprint density at radius 3 is 2.46 bits per heavy atom. The first-order chi connectivity index (χ1) is 11.3. The molecule has 2 rings (SSSR count). The highest BCUT2D eigenvalue weighted by molar-refractivity contribution is 5.95. The average Bonchev–Trinajstić information content (AvgIpc) is 2.85. The van der Waals surface area contributed by atoms with Crippen molar-refractivity contribution >= 4 is 17.6 Å². The van der Waals surface area contributed by atoms with Gasteiger partial charge >= 0.3 is 0 Å².